The van der Waals surface area contributed by atoms with Crippen LogP contribution in [-0.2, 0) is 16.0 Å². The van der Waals surface area contributed by atoms with Crippen molar-refractivity contribution in [3.05, 3.63) is 71.4 Å². The van der Waals surface area contributed by atoms with Crippen LogP contribution in [0.15, 0.2) is 60.3 Å². The maximum atomic E-state index is 13.7. The summed E-state index contributed by atoms with van der Waals surface area (Å²) in [5.41, 5.74) is 3.69. The van der Waals surface area contributed by atoms with Crippen LogP contribution >= 0.6 is 0 Å². The molecule has 2 aliphatic rings. The fourth-order valence-corrected chi connectivity index (χ4v) is 4.70. The molecule has 2 heterocycles. The first-order chi connectivity index (χ1) is 15.5. The van der Waals surface area contributed by atoms with Crippen molar-refractivity contribution in [2.45, 2.75) is 45.1 Å². The highest BCUT2D eigenvalue weighted by Gasteiger charge is 2.43. The number of carbonyl (C=O) groups is 2. The standard InChI is InChI=1S/C27H33N3O2/c1-4-5-9-20-12-14-23(15-13-20)30-26(31)24(21-10-7-6-8-11-21)25(27(30)32)29(3)22-16-18-28(2)19-17-22/h6-8,10-15,22H,4-5,9,16-19H2,1-3H3. The van der Waals surface area contributed by atoms with Crippen molar-refractivity contribution in [2.75, 3.05) is 32.1 Å². The van der Waals surface area contributed by atoms with E-state index in [1.165, 1.54) is 10.5 Å². The number of hydrogen-bond acceptors (Lipinski definition) is 4. The first-order valence-electron chi connectivity index (χ1n) is 11.7. The normalized spacial score (nSPS) is 18.0. The SMILES string of the molecule is CCCCc1ccc(N2C(=O)C(c3ccccc3)=C(N(C)C3CCN(C)CC3)C2=O)cc1. The maximum Gasteiger partial charge on any atom is 0.282 e. The van der Waals surface area contributed by atoms with Gasteiger partial charge in [-0.2, -0.15) is 0 Å². The van der Waals surface area contributed by atoms with E-state index in [0.717, 1.165) is 50.8 Å². The minimum absolute atomic E-state index is 0.225. The molecule has 0 saturated carbocycles. The molecule has 2 aliphatic heterocycles. The van der Waals surface area contributed by atoms with Gasteiger partial charge in [0.1, 0.15) is 5.70 Å². The fraction of sp³-hybridized carbons (Fsp3) is 0.407. The lowest BCUT2D eigenvalue weighted by Gasteiger charge is -2.36. The number of benzene rings is 2. The summed E-state index contributed by atoms with van der Waals surface area (Å²) in [4.78, 5) is 33.1. The summed E-state index contributed by atoms with van der Waals surface area (Å²) in [5, 5.41) is 0. The minimum atomic E-state index is -0.239. The molecule has 2 aromatic rings. The number of likely N-dealkylation sites (N-methyl/N-ethyl adjacent to an activating group) is 1. The summed E-state index contributed by atoms with van der Waals surface area (Å²) in [6, 6.07) is 17.7. The van der Waals surface area contributed by atoms with Crippen LogP contribution in [-0.4, -0.2) is 54.8 Å². The van der Waals surface area contributed by atoms with E-state index in [-0.39, 0.29) is 17.9 Å². The van der Waals surface area contributed by atoms with Crippen LogP contribution in [0.4, 0.5) is 5.69 Å². The van der Waals surface area contributed by atoms with Gasteiger partial charge in [0.25, 0.3) is 11.8 Å². The topological polar surface area (TPSA) is 43.9 Å². The Balaban J connectivity index is 1.69. The Bertz CT molecular complexity index is 989. The Labute approximate surface area is 191 Å². The molecule has 0 aliphatic carbocycles. The lowest BCUT2D eigenvalue weighted by atomic mass is 10.0. The van der Waals surface area contributed by atoms with Crippen molar-refractivity contribution in [3.63, 3.8) is 0 Å². The first-order valence-corrected chi connectivity index (χ1v) is 11.7. The molecule has 5 heteroatoms. The minimum Gasteiger partial charge on any atom is -0.366 e. The van der Waals surface area contributed by atoms with Gasteiger partial charge in [0.15, 0.2) is 0 Å². The van der Waals surface area contributed by atoms with E-state index in [2.05, 4.69) is 23.8 Å². The van der Waals surface area contributed by atoms with Crippen LogP contribution < -0.4 is 4.90 Å². The first kappa shape index (κ1) is 22.3. The smallest absolute Gasteiger partial charge is 0.282 e. The molecule has 1 saturated heterocycles. The van der Waals surface area contributed by atoms with E-state index in [0.29, 0.717) is 17.0 Å². The maximum absolute atomic E-state index is 13.7. The van der Waals surface area contributed by atoms with E-state index in [9.17, 15) is 9.59 Å². The van der Waals surface area contributed by atoms with Gasteiger partial charge in [0.2, 0.25) is 0 Å². The Kier molecular flexibility index (Phi) is 6.75. The van der Waals surface area contributed by atoms with Gasteiger partial charge >= 0.3 is 0 Å². The van der Waals surface area contributed by atoms with E-state index < -0.39 is 0 Å². The number of anilines is 1. The number of likely N-dealkylation sites (tertiary alicyclic amines) is 1. The largest absolute Gasteiger partial charge is 0.366 e. The number of hydrogen-bond donors (Lipinski definition) is 0. The highest BCUT2D eigenvalue weighted by atomic mass is 16.2. The number of nitrogens with zero attached hydrogens (tertiary/aromatic N) is 3. The third-order valence-electron chi connectivity index (χ3n) is 6.72. The monoisotopic (exact) mass is 431 g/mol. The molecule has 5 nitrogen and oxygen atoms in total. The molecular formula is C27H33N3O2. The number of amides is 2. The second-order valence-electron chi connectivity index (χ2n) is 8.95. The zero-order valence-corrected chi connectivity index (χ0v) is 19.4. The van der Waals surface area contributed by atoms with Gasteiger partial charge in [0, 0.05) is 13.1 Å². The number of rotatable bonds is 7. The van der Waals surface area contributed by atoms with Crippen molar-refractivity contribution in [1.29, 1.82) is 0 Å². The number of aryl methyl sites for hydroxylation is 1. The lowest BCUT2D eigenvalue weighted by Crippen LogP contribution is -2.43. The Morgan fingerprint density at radius 2 is 1.59 bits per heavy atom. The number of carbonyl (C=O) groups excluding carboxylic acids is 2. The Morgan fingerprint density at radius 3 is 2.22 bits per heavy atom. The van der Waals surface area contributed by atoms with Crippen LogP contribution in [0.3, 0.4) is 0 Å². The van der Waals surface area contributed by atoms with Gasteiger partial charge in [-0.25, -0.2) is 4.90 Å². The number of unbranched alkanes of at least 4 members (excludes halogenated alkanes) is 1. The van der Waals surface area contributed by atoms with Crippen LogP contribution in [0.2, 0.25) is 0 Å². The predicted octanol–water partition coefficient (Wildman–Crippen LogP) is 4.34. The van der Waals surface area contributed by atoms with Crippen molar-refractivity contribution in [1.82, 2.24) is 9.80 Å². The van der Waals surface area contributed by atoms with Crippen LogP contribution in [0.5, 0.6) is 0 Å². The average Bonchev–Trinajstić information content (AvgIpc) is 3.08. The molecule has 0 aromatic heterocycles. The highest BCUT2D eigenvalue weighted by Crippen LogP contribution is 2.36. The van der Waals surface area contributed by atoms with Crippen molar-refractivity contribution < 1.29 is 9.59 Å². The third kappa shape index (κ3) is 4.35. The zero-order valence-electron chi connectivity index (χ0n) is 19.4. The van der Waals surface area contributed by atoms with E-state index in [1.54, 1.807) is 0 Å². The summed E-state index contributed by atoms with van der Waals surface area (Å²) >= 11 is 0. The molecule has 0 unspecified atom stereocenters. The van der Waals surface area contributed by atoms with Crippen LogP contribution in [0.25, 0.3) is 5.57 Å². The molecule has 2 amide bonds. The summed E-state index contributed by atoms with van der Waals surface area (Å²) in [7, 11) is 4.10. The van der Waals surface area contributed by atoms with E-state index >= 15 is 0 Å². The lowest BCUT2D eigenvalue weighted by molar-refractivity contribution is -0.120. The van der Waals surface area contributed by atoms with Crippen molar-refractivity contribution in [3.8, 4) is 0 Å². The van der Waals surface area contributed by atoms with Gasteiger partial charge in [-0.3, -0.25) is 9.59 Å². The van der Waals surface area contributed by atoms with E-state index in [4.69, 9.17) is 0 Å². The molecule has 2 aromatic carbocycles. The highest BCUT2D eigenvalue weighted by molar-refractivity contribution is 6.45. The van der Waals surface area contributed by atoms with Gasteiger partial charge in [-0.05, 0) is 69.1 Å². The summed E-state index contributed by atoms with van der Waals surface area (Å²) in [6.07, 6.45) is 5.24. The molecule has 168 valence electrons. The number of piperidine rings is 1. The molecule has 0 spiro atoms. The van der Waals surface area contributed by atoms with Gasteiger partial charge in [-0.1, -0.05) is 55.8 Å². The van der Waals surface area contributed by atoms with Crippen molar-refractivity contribution >= 4 is 23.1 Å². The summed E-state index contributed by atoms with van der Waals surface area (Å²) in [5.74, 6) is -0.464. The molecule has 0 atom stereocenters. The van der Waals surface area contributed by atoms with Crippen molar-refractivity contribution in [2.24, 2.45) is 0 Å². The second-order valence-corrected chi connectivity index (χ2v) is 8.95. The van der Waals surface area contributed by atoms with Gasteiger partial charge in [-0.15, -0.1) is 0 Å². The van der Waals surface area contributed by atoms with Gasteiger partial charge < -0.3 is 9.80 Å². The Hall–Kier alpha value is -2.92. The molecule has 32 heavy (non-hydrogen) atoms. The quantitative estimate of drug-likeness (QED) is 0.612. The van der Waals surface area contributed by atoms with Crippen LogP contribution in [0.1, 0.15) is 43.7 Å². The molecule has 0 N–H and O–H groups in total. The molecule has 1 fully saturated rings. The van der Waals surface area contributed by atoms with Crippen LogP contribution in [0, 0.1) is 0 Å². The summed E-state index contributed by atoms with van der Waals surface area (Å²) in [6.45, 7) is 4.16. The molecule has 0 bridgehead atoms. The predicted molar refractivity (Wildman–Crippen MR) is 129 cm³/mol. The number of imide groups is 1. The molecule has 4 rings (SSSR count). The fourth-order valence-electron chi connectivity index (χ4n) is 4.70. The second kappa shape index (κ2) is 9.70. The third-order valence-corrected chi connectivity index (χ3v) is 6.72. The Morgan fingerprint density at radius 1 is 0.938 bits per heavy atom. The average molecular weight is 432 g/mol. The molecular weight excluding hydrogens is 398 g/mol. The van der Waals surface area contributed by atoms with Gasteiger partial charge in [0.05, 0.1) is 11.3 Å². The van der Waals surface area contributed by atoms with E-state index in [1.807, 2.05) is 61.6 Å². The summed E-state index contributed by atoms with van der Waals surface area (Å²) < 4.78 is 0. The molecule has 0 radical (unpaired) electrons. The zero-order chi connectivity index (χ0) is 22.7.